The van der Waals surface area contributed by atoms with Crippen LogP contribution >= 0.6 is 0 Å². The number of hydrogen-bond donors (Lipinski definition) is 1. The van der Waals surface area contributed by atoms with Crippen LogP contribution < -0.4 is 0 Å². The maximum absolute atomic E-state index is 13.5. The monoisotopic (exact) mass is 252 g/mol. The first-order valence-corrected chi connectivity index (χ1v) is 5.75. The molecule has 18 heavy (non-hydrogen) atoms. The summed E-state index contributed by atoms with van der Waals surface area (Å²) in [4.78, 5) is 0. The van der Waals surface area contributed by atoms with Gasteiger partial charge in [-0.2, -0.15) is 5.10 Å². The molecule has 0 aliphatic heterocycles. The van der Waals surface area contributed by atoms with Crippen molar-refractivity contribution in [2.45, 2.75) is 26.0 Å². The third kappa shape index (κ3) is 2.56. The number of rotatable bonds is 4. The van der Waals surface area contributed by atoms with Gasteiger partial charge in [-0.25, -0.2) is 8.78 Å². The van der Waals surface area contributed by atoms with Crippen LogP contribution in [0, 0.1) is 11.6 Å². The molecule has 1 unspecified atom stereocenters. The van der Waals surface area contributed by atoms with Gasteiger partial charge in [0.15, 0.2) is 11.6 Å². The molecule has 1 heterocycles. The quantitative estimate of drug-likeness (QED) is 0.907. The molecule has 1 N–H and O–H groups in total. The molecule has 96 valence electrons. The molecule has 1 aromatic carbocycles. The van der Waals surface area contributed by atoms with Crippen molar-refractivity contribution in [3.63, 3.8) is 0 Å². The molecule has 0 aliphatic carbocycles. The zero-order valence-electron chi connectivity index (χ0n) is 9.98. The first kappa shape index (κ1) is 12.7. The van der Waals surface area contributed by atoms with E-state index in [0.29, 0.717) is 0 Å². The van der Waals surface area contributed by atoms with Gasteiger partial charge in [0.25, 0.3) is 0 Å². The predicted molar refractivity (Wildman–Crippen MR) is 62.9 cm³/mol. The number of aliphatic hydroxyl groups is 1. The van der Waals surface area contributed by atoms with Gasteiger partial charge in [-0.15, -0.1) is 0 Å². The molecule has 3 nitrogen and oxygen atoms in total. The summed E-state index contributed by atoms with van der Waals surface area (Å²) in [5, 5.41) is 14.0. The molecule has 2 rings (SSSR count). The van der Waals surface area contributed by atoms with Gasteiger partial charge < -0.3 is 5.11 Å². The van der Waals surface area contributed by atoms with Crippen molar-refractivity contribution >= 4 is 0 Å². The van der Waals surface area contributed by atoms with Crippen LogP contribution in [0.2, 0.25) is 0 Å². The van der Waals surface area contributed by atoms with Gasteiger partial charge >= 0.3 is 0 Å². The van der Waals surface area contributed by atoms with Crippen molar-refractivity contribution in [1.82, 2.24) is 9.78 Å². The fraction of sp³-hybridized carbons (Fsp3) is 0.308. The van der Waals surface area contributed by atoms with Gasteiger partial charge in [0, 0.05) is 24.7 Å². The highest BCUT2D eigenvalue weighted by Crippen LogP contribution is 2.22. The predicted octanol–water partition coefficient (Wildman–Crippen LogP) is 2.46. The first-order chi connectivity index (χ1) is 8.61. The molecule has 0 spiro atoms. The van der Waals surface area contributed by atoms with E-state index in [0.717, 1.165) is 18.2 Å². The number of aliphatic hydroxyl groups excluding tert-OH is 1. The highest BCUT2D eigenvalue weighted by Gasteiger charge is 2.16. The third-order valence-electron chi connectivity index (χ3n) is 2.78. The lowest BCUT2D eigenvalue weighted by molar-refractivity contribution is 0.172. The van der Waals surface area contributed by atoms with E-state index < -0.39 is 17.7 Å². The Labute approximate surface area is 104 Å². The number of hydrogen-bond acceptors (Lipinski definition) is 2. The summed E-state index contributed by atoms with van der Waals surface area (Å²) in [6, 6.07) is 3.79. The van der Waals surface area contributed by atoms with E-state index in [1.807, 2.05) is 6.92 Å². The van der Waals surface area contributed by atoms with E-state index in [2.05, 4.69) is 5.10 Å². The topological polar surface area (TPSA) is 38.0 Å². The number of nitrogens with zero attached hydrogens (tertiary/aromatic N) is 2. The molecule has 0 fully saturated rings. The van der Waals surface area contributed by atoms with Gasteiger partial charge in [-0.1, -0.05) is 12.1 Å². The zero-order chi connectivity index (χ0) is 13.1. The molecule has 0 radical (unpaired) electrons. The normalized spacial score (nSPS) is 12.7. The van der Waals surface area contributed by atoms with Crippen LogP contribution in [0.4, 0.5) is 8.78 Å². The number of aryl methyl sites for hydroxylation is 1. The highest BCUT2D eigenvalue weighted by molar-refractivity contribution is 5.23. The molecule has 5 heteroatoms. The van der Waals surface area contributed by atoms with E-state index in [9.17, 15) is 13.9 Å². The summed E-state index contributed by atoms with van der Waals surface area (Å²) < 4.78 is 28.2. The molecule has 0 saturated heterocycles. The lowest BCUT2D eigenvalue weighted by Gasteiger charge is -2.10. The Bertz CT molecular complexity index is 540. The number of halogens is 2. The summed E-state index contributed by atoms with van der Waals surface area (Å²) in [6.45, 7) is 2.67. The smallest absolute Gasteiger partial charge is 0.164 e. The summed E-state index contributed by atoms with van der Waals surface area (Å²) in [7, 11) is 0. The Kier molecular flexibility index (Phi) is 3.72. The van der Waals surface area contributed by atoms with E-state index in [4.69, 9.17) is 0 Å². The molecule has 0 saturated carbocycles. The second-order valence-corrected chi connectivity index (χ2v) is 4.07. The molecular formula is C13H14F2N2O. The van der Waals surface area contributed by atoms with Gasteiger partial charge in [-0.05, 0) is 18.6 Å². The van der Waals surface area contributed by atoms with Crippen LogP contribution in [-0.4, -0.2) is 14.9 Å². The van der Waals surface area contributed by atoms with Crippen LogP contribution in [0.5, 0.6) is 0 Å². The minimum atomic E-state index is -1.07. The Hall–Kier alpha value is -1.75. The minimum Gasteiger partial charge on any atom is -0.388 e. The Morgan fingerprint density at radius 3 is 2.83 bits per heavy atom. The Morgan fingerprint density at radius 1 is 1.39 bits per heavy atom. The van der Waals surface area contributed by atoms with E-state index in [1.54, 1.807) is 17.1 Å². The Balaban J connectivity index is 2.16. The zero-order valence-corrected chi connectivity index (χ0v) is 9.98. The van der Waals surface area contributed by atoms with E-state index in [-0.39, 0.29) is 12.0 Å². The minimum absolute atomic E-state index is 0.0285. The average Bonchev–Trinajstić information content (AvgIpc) is 2.80. The highest BCUT2D eigenvalue weighted by atomic mass is 19.2. The van der Waals surface area contributed by atoms with Crippen LogP contribution in [-0.2, 0) is 13.0 Å². The average molecular weight is 252 g/mol. The molecule has 0 bridgehead atoms. The van der Waals surface area contributed by atoms with Gasteiger partial charge in [0.05, 0.1) is 12.3 Å². The van der Waals surface area contributed by atoms with Crippen LogP contribution in [0.3, 0.4) is 0 Å². The standard InChI is InChI=1S/C13H14F2N2O/c1-2-17-8-9(7-16-17)6-12(18)10-4-3-5-11(14)13(10)15/h3-5,7-8,12,18H,2,6H2,1H3. The molecule has 0 aliphatic rings. The largest absolute Gasteiger partial charge is 0.388 e. The Morgan fingerprint density at radius 2 is 2.17 bits per heavy atom. The van der Waals surface area contributed by atoms with Crippen molar-refractivity contribution in [3.8, 4) is 0 Å². The second kappa shape index (κ2) is 5.27. The third-order valence-corrected chi connectivity index (χ3v) is 2.78. The maximum Gasteiger partial charge on any atom is 0.164 e. The number of benzene rings is 1. The summed E-state index contributed by atoms with van der Waals surface area (Å²) >= 11 is 0. The fourth-order valence-electron chi connectivity index (χ4n) is 1.80. The summed E-state index contributed by atoms with van der Waals surface area (Å²) in [5.41, 5.74) is 0.757. The molecule has 2 aromatic rings. The molecule has 1 atom stereocenters. The van der Waals surface area contributed by atoms with Gasteiger partial charge in [-0.3, -0.25) is 4.68 Å². The summed E-state index contributed by atoms with van der Waals surface area (Å²) in [6.07, 6.45) is 2.53. The molecule has 0 amide bonds. The van der Waals surface area contributed by atoms with Crippen molar-refractivity contribution in [3.05, 3.63) is 53.4 Å². The van der Waals surface area contributed by atoms with Crippen LogP contribution in [0.25, 0.3) is 0 Å². The van der Waals surface area contributed by atoms with Crippen molar-refractivity contribution in [2.75, 3.05) is 0 Å². The van der Waals surface area contributed by atoms with Crippen LogP contribution in [0.1, 0.15) is 24.2 Å². The lowest BCUT2D eigenvalue weighted by Crippen LogP contribution is -2.05. The number of aromatic nitrogens is 2. The maximum atomic E-state index is 13.5. The molecular weight excluding hydrogens is 238 g/mol. The second-order valence-electron chi connectivity index (χ2n) is 4.07. The van der Waals surface area contributed by atoms with Crippen molar-refractivity contribution in [2.24, 2.45) is 0 Å². The van der Waals surface area contributed by atoms with Gasteiger partial charge in [0.2, 0.25) is 0 Å². The van der Waals surface area contributed by atoms with Crippen molar-refractivity contribution in [1.29, 1.82) is 0 Å². The lowest BCUT2D eigenvalue weighted by atomic mass is 10.0. The fourth-order valence-corrected chi connectivity index (χ4v) is 1.80. The van der Waals surface area contributed by atoms with Gasteiger partial charge in [0.1, 0.15) is 0 Å². The summed E-state index contributed by atoms with van der Waals surface area (Å²) in [5.74, 6) is -1.94. The SMILES string of the molecule is CCn1cc(CC(O)c2cccc(F)c2F)cn1. The van der Waals surface area contributed by atoms with Crippen LogP contribution in [0.15, 0.2) is 30.6 Å². The molecule has 1 aromatic heterocycles. The van der Waals surface area contributed by atoms with E-state index >= 15 is 0 Å². The van der Waals surface area contributed by atoms with E-state index in [1.165, 1.54) is 12.1 Å². The first-order valence-electron chi connectivity index (χ1n) is 5.75. The van der Waals surface area contributed by atoms with Crippen molar-refractivity contribution < 1.29 is 13.9 Å².